The Kier molecular flexibility index (Phi) is 4.11. The van der Waals surface area contributed by atoms with Crippen LogP contribution in [0, 0.1) is 0 Å². The van der Waals surface area contributed by atoms with Crippen LogP contribution >= 0.6 is 11.3 Å². The second-order valence-corrected chi connectivity index (χ2v) is 3.47. The molecule has 2 nitrogen and oxygen atoms in total. The van der Waals surface area contributed by atoms with Gasteiger partial charge < -0.3 is 10.1 Å². The fourth-order valence-electron chi connectivity index (χ4n) is 0.865. The van der Waals surface area contributed by atoms with E-state index in [9.17, 15) is 8.78 Å². The summed E-state index contributed by atoms with van der Waals surface area (Å²) >= 11 is 1.49. The summed E-state index contributed by atoms with van der Waals surface area (Å²) in [5.41, 5.74) is 0. The summed E-state index contributed by atoms with van der Waals surface area (Å²) in [7, 11) is 1.58. The molecular formula is C8H11F2NOS. The van der Waals surface area contributed by atoms with Gasteiger partial charge in [0.05, 0.1) is 13.7 Å². The molecule has 0 spiro atoms. The van der Waals surface area contributed by atoms with Gasteiger partial charge in [-0.1, -0.05) is 0 Å². The minimum Gasteiger partial charge on any atom is -0.496 e. The number of ether oxygens (including phenoxy) is 1. The van der Waals surface area contributed by atoms with Crippen LogP contribution in [0.4, 0.5) is 8.78 Å². The topological polar surface area (TPSA) is 21.3 Å². The SMILES string of the molecule is COc1csc(CNCC(F)F)c1. The first-order valence-electron chi connectivity index (χ1n) is 3.82. The van der Waals surface area contributed by atoms with E-state index in [0.29, 0.717) is 6.54 Å². The second-order valence-electron chi connectivity index (χ2n) is 2.47. The lowest BCUT2D eigenvalue weighted by molar-refractivity contribution is 0.145. The van der Waals surface area contributed by atoms with Crippen LogP contribution in [0.5, 0.6) is 5.75 Å². The van der Waals surface area contributed by atoms with Crippen LogP contribution in [0.2, 0.25) is 0 Å². The number of halogens is 2. The molecule has 13 heavy (non-hydrogen) atoms. The normalized spacial score (nSPS) is 10.8. The maximum atomic E-state index is 11.7. The van der Waals surface area contributed by atoms with Gasteiger partial charge in [0, 0.05) is 16.8 Å². The van der Waals surface area contributed by atoms with E-state index >= 15 is 0 Å². The zero-order valence-electron chi connectivity index (χ0n) is 7.22. The molecule has 0 aliphatic heterocycles. The van der Waals surface area contributed by atoms with Gasteiger partial charge in [0.1, 0.15) is 5.75 Å². The molecular weight excluding hydrogens is 196 g/mol. The zero-order valence-corrected chi connectivity index (χ0v) is 8.04. The van der Waals surface area contributed by atoms with Gasteiger partial charge in [-0.15, -0.1) is 11.3 Å². The quantitative estimate of drug-likeness (QED) is 0.798. The predicted molar refractivity (Wildman–Crippen MR) is 48.6 cm³/mol. The van der Waals surface area contributed by atoms with E-state index in [2.05, 4.69) is 5.32 Å². The van der Waals surface area contributed by atoms with E-state index < -0.39 is 6.43 Å². The highest BCUT2D eigenvalue weighted by Gasteiger charge is 2.02. The van der Waals surface area contributed by atoms with E-state index in [1.165, 1.54) is 11.3 Å². The number of hydrogen-bond acceptors (Lipinski definition) is 3. The minimum absolute atomic E-state index is 0.264. The molecule has 74 valence electrons. The summed E-state index contributed by atoms with van der Waals surface area (Å²) in [4.78, 5) is 0.998. The molecule has 0 fully saturated rings. The molecule has 5 heteroatoms. The summed E-state index contributed by atoms with van der Waals surface area (Å²) in [6, 6.07) is 1.84. The Bertz CT molecular complexity index is 252. The average molecular weight is 207 g/mol. The first-order chi connectivity index (χ1) is 6.22. The highest BCUT2D eigenvalue weighted by molar-refractivity contribution is 7.10. The van der Waals surface area contributed by atoms with Gasteiger partial charge in [0.25, 0.3) is 6.43 Å². The second kappa shape index (κ2) is 5.14. The third-order valence-corrected chi connectivity index (χ3v) is 2.38. The van der Waals surface area contributed by atoms with Crippen LogP contribution < -0.4 is 10.1 Å². The Morgan fingerprint density at radius 1 is 1.62 bits per heavy atom. The maximum Gasteiger partial charge on any atom is 0.250 e. The minimum atomic E-state index is -2.29. The summed E-state index contributed by atoms with van der Waals surface area (Å²) in [6.45, 7) is 0.207. The maximum absolute atomic E-state index is 11.7. The Labute approximate surface area is 79.5 Å². The molecule has 0 aliphatic carbocycles. The Morgan fingerprint density at radius 2 is 2.38 bits per heavy atom. The molecule has 1 rings (SSSR count). The number of nitrogens with one attached hydrogen (secondary N) is 1. The highest BCUT2D eigenvalue weighted by atomic mass is 32.1. The summed E-state index contributed by atoms with van der Waals surface area (Å²) in [6.07, 6.45) is -2.29. The van der Waals surface area contributed by atoms with E-state index in [-0.39, 0.29) is 6.54 Å². The fourth-order valence-corrected chi connectivity index (χ4v) is 1.67. The van der Waals surface area contributed by atoms with Gasteiger partial charge in [0.2, 0.25) is 0 Å². The first kappa shape index (κ1) is 10.4. The molecule has 0 bridgehead atoms. The van der Waals surface area contributed by atoms with Gasteiger partial charge in [-0.3, -0.25) is 0 Å². The summed E-state index contributed by atoms with van der Waals surface area (Å²) in [5, 5.41) is 4.49. The van der Waals surface area contributed by atoms with Gasteiger partial charge >= 0.3 is 0 Å². The van der Waals surface area contributed by atoms with Crippen LogP contribution in [-0.4, -0.2) is 20.1 Å². The van der Waals surface area contributed by atoms with Crippen LogP contribution in [0.25, 0.3) is 0 Å². The van der Waals surface area contributed by atoms with E-state index in [1.54, 1.807) is 7.11 Å². The summed E-state index contributed by atoms with van der Waals surface area (Å²) in [5.74, 6) is 0.777. The van der Waals surface area contributed by atoms with Crippen molar-refractivity contribution in [3.05, 3.63) is 16.3 Å². The van der Waals surface area contributed by atoms with E-state index in [0.717, 1.165) is 10.6 Å². The van der Waals surface area contributed by atoms with Crippen molar-refractivity contribution in [3.63, 3.8) is 0 Å². The Balaban J connectivity index is 2.28. The standard InChI is InChI=1S/C8H11F2NOS/c1-12-6-2-7(13-5-6)3-11-4-8(9)10/h2,5,8,11H,3-4H2,1H3. The smallest absolute Gasteiger partial charge is 0.250 e. The van der Waals surface area contributed by atoms with Gasteiger partial charge in [-0.2, -0.15) is 0 Å². The molecule has 0 aromatic carbocycles. The lowest BCUT2D eigenvalue weighted by atomic mass is 10.4. The molecule has 0 atom stereocenters. The molecule has 0 unspecified atom stereocenters. The van der Waals surface area contributed by atoms with Gasteiger partial charge in [0.15, 0.2) is 0 Å². The Hall–Kier alpha value is -0.680. The molecule has 0 saturated heterocycles. The van der Waals surface area contributed by atoms with Gasteiger partial charge in [-0.25, -0.2) is 8.78 Å². The number of rotatable bonds is 5. The van der Waals surface area contributed by atoms with Crippen molar-refractivity contribution in [3.8, 4) is 5.75 Å². The van der Waals surface area contributed by atoms with Crippen molar-refractivity contribution in [1.29, 1.82) is 0 Å². The Morgan fingerprint density at radius 3 is 2.92 bits per heavy atom. The number of hydrogen-bond donors (Lipinski definition) is 1. The third kappa shape index (κ3) is 3.69. The molecule has 0 saturated carbocycles. The van der Waals surface area contributed by atoms with Crippen molar-refractivity contribution >= 4 is 11.3 Å². The molecule has 1 aromatic heterocycles. The first-order valence-corrected chi connectivity index (χ1v) is 4.70. The van der Waals surface area contributed by atoms with Crippen molar-refractivity contribution in [2.45, 2.75) is 13.0 Å². The highest BCUT2D eigenvalue weighted by Crippen LogP contribution is 2.20. The van der Waals surface area contributed by atoms with Crippen molar-refractivity contribution in [2.75, 3.05) is 13.7 Å². The fraction of sp³-hybridized carbons (Fsp3) is 0.500. The monoisotopic (exact) mass is 207 g/mol. The number of alkyl halides is 2. The lowest BCUT2D eigenvalue weighted by Gasteiger charge is -2.00. The van der Waals surface area contributed by atoms with Gasteiger partial charge in [-0.05, 0) is 6.07 Å². The zero-order chi connectivity index (χ0) is 9.68. The molecule has 0 aliphatic rings. The third-order valence-electron chi connectivity index (χ3n) is 1.46. The summed E-state index contributed by atoms with van der Waals surface area (Å²) < 4.78 is 28.4. The van der Waals surface area contributed by atoms with Crippen molar-refractivity contribution < 1.29 is 13.5 Å². The van der Waals surface area contributed by atoms with Crippen LogP contribution in [0.15, 0.2) is 11.4 Å². The lowest BCUT2D eigenvalue weighted by Crippen LogP contribution is -2.19. The molecule has 1 N–H and O–H groups in total. The average Bonchev–Trinajstić information content (AvgIpc) is 2.52. The van der Waals surface area contributed by atoms with Crippen LogP contribution in [0.1, 0.15) is 4.88 Å². The molecule has 1 aromatic rings. The molecule has 1 heterocycles. The van der Waals surface area contributed by atoms with E-state index in [1.807, 2.05) is 11.4 Å². The molecule has 0 radical (unpaired) electrons. The van der Waals surface area contributed by atoms with Crippen molar-refractivity contribution in [2.24, 2.45) is 0 Å². The largest absolute Gasteiger partial charge is 0.496 e. The van der Waals surface area contributed by atoms with Crippen molar-refractivity contribution in [1.82, 2.24) is 5.32 Å². The van der Waals surface area contributed by atoms with E-state index in [4.69, 9.17) is 4.74 Å². The number of methoxy groups -OCH3 is 1. The van der Waals surface area contributed by atoms with Crippen LogP contribution in [-0.2, 0) is 6.54 Å². The predicted octanol–water partition coefficient (Wildman–Crippen LogP) is 2.11. The number of thiophene rings is 1. The molecule has 0 amide bonds. The van der Waals surface area contributed by atoms with Crippen LogP contribution in [0.3, 0.4) is 0 Å².